The molecule has 5 nitrogen and oxygen atoms in total. The summed E-state index contributed by atoms with van der Waals surface area (Å²) < 4.78 is 5.04. The molecule has 0 amide bonds. The van der Waals surface area contributed by atoms with Gasteiger partial charge in [-0.25, -0.2) is 9.59 Å². The van der Waals surface area contributed by atoms with E-state index < -0.39 is 11.9 Å². The number of rotatable bonds is 5. The molecule has 0 saturated carbocycles. The van der Waals surface area contributed by atoms with Gasteiger partial charge in [-0.05, 0) is 41.5 Å². The van der Waals surface area contributed by atoms with E-state index in [1.807, 2.05) is 0 Å². The van der Waals surface area contributed by atoms with E-state index in [0.717, 1.165) is 0 Å². The van der Waals surface area contributed by atoms with E-state index in [-0.39, 0.29) is 11.1 Å². The van der Waals surface area contributed by atoms with Gasteiger partial charge in [0.05, 0.1) is 23.3 Å². The van der Waals surface area contributed by atoms with Gasteiger partial charge in [0.2, 0.25) is 0 Å². The van der Waals surface area contributed by atoms with E-state index >= 15 is 0 Å². The predicted octanol–water partition coefficient (Wildman–Crippen LogP) is 3.67. The quantitative estimate of drug-likeness (QED) is 0.644. The average molecular weight is 333 g/mol. The Kier molecular flexibility index (Phi) is 5.03. The number of carboxylic acids is 2. The van der Waals surface area contributed by atoms with Crippen molar-refractivity contribution in [3.05, 3.63) is 64.2 Å². The largest absolute Gasteiger partial charge is 0.495 e. The highest BCUT2D eigenvalue weighted by Gasteiger charge is 2.13. The Morgan fingerprint density at radius 1 is 1.04 bits per heavy atom. The number of aliphatic carboxylic acids is 1. The molecule has 0 spiro atoms. The summed E-state index contributed by atoms with van der Waals surface area (Å²) >= 11 is 6.03. The van der Waals surface area contributed by atoms with Crippen molar-refractivity contribution >= 4 is 35.2 Å². The van der Waals surface area contributed by atoms with Crippen LogP contribution in [0.15, 0.2) is 42.5 Å². The van der Waals surface area contributed by atoms with Crippen LogP contribution in [0.25, 0.3) is 11.6 Å². The Morgan fingerprint density at radius 2 is 1.65 bits per heavy atom. The van der Waals surface area contributed by atoms with Gasteiger partial charge in [0.15, 0.2) is 0 Å². The molecule has 0 aromatic heterocycles. The molecule has 2 aromatic rings. The van der Waals surface area contributed by atoms with Crippen molar-refractivity contribution in [1.29, 1.82) is 0 Å². The average Bonchev–Trinajstić information content (AvgIpc) is 2.52. The third kappa shape index (κ3) is 3.90. The van der Waals surface area contributed by atoms with Gasteiger partial charge >= 0.3 is 11.9 Å². The zero-order valence-corrected chi connectivity index (χ0v) is 12.9. The first-order chi connectivity index (χ1) is 10.9. The molecule has 23 heavy (non-hydrogen) atoms. The van der Waals surface area contributed by atoms with E-state index in [4.69, 9.17) is 21.4 Å². The van der Waals surface area contributed by atoms with Crippen LogP contribution in [0.4, 0.5) is 0 Å². The van der Waals surface area contributed by atoms with E-state index in [2.05, 4.69) is 0 Å². The van der Waals surface area contributed by atoms with Crippen molar-refractivity contribution < 1.29 is 24.5 Å². The molecule has 2 N–H and O–H groups in total. The number of ether oxygens (including phenoxy) is 1. The van der Waals surface area contributed by atoms with Crippen LogP contribution in [0.3, 0.4) is 0 Å². The van der Waals surface area contributed by atoms with Gasteiger partial charge in [-0.2, -0.15) is 0 Å². The lowest BCUT2D eigenvalue weighted by Gasteiger charge is -2.07. The number of carboxylic acid groups (broad SMARTS) is 2. The van der Waals surface area contributed by atoms with Crippen LogP contribution in [0, 0.1) is 0 Å². The molecule has 0 atom stereocenters. The van der Waals surface area contributed by atoms with Crippen molar-refractivity contribution in [3.8, 4) is 5.75 Å². The predicted molar refractivity (Wildman–Crippen MR) is 86.9 cm³/mol. The molecule has 0 unspecified atom stereocenters. The van der Waals surface area contributed by atoms with Crippen molar-refractivity contribution in [2.24, 2.45) is 0 Å². The SMILES string of the molecule is COc1ccc(/C(=C/c2ccc(C(=O)O)cc2)C(=O)O)cc1Cl. The number of carbonyl (C=O) groups is 2. The van der Waals surface area contributed by atoms with Crippen molar-refractivity contribution in [2.75, 3.05) is 7.11 Å². The van der Waals surface area contributed by atoms with Crippen LogP contribution in [0.2, 0.25) is 5.02 Å². The fourth-order valence-corrected chi connectivity index (χ4v) is 2.25. The lowest BCUT2D eigenvalue weighted by Crippen LogP contribution is -2.00. The maximum Gasteiger partial charge on any atom is 0.336 e. The number of aromatic carboxylic acids is 1. The lowest BCUT2D eigenvalue weighted by molar-refractivity contribution is -0.130. The third-order valence-electron chi connectivity index (χ3n) is 3.16. The molecular formula is C17H13ClO5. The van der Waals surface area contributed by atoms with E-state index in [0.29, 0.717) is 21.9 Å². The Morgan fingerprint density at radius 3 is 2.13 bits per heavy atom. The second-order valence-corrected chi connectivity index (χ2v) is 5.05. The standard InChI is InChI=1S/C17H13ClO5/c1-23-15-7-6-12(9-14(15)18)13(17(21)22)8-10-2-4-11(5-3-10)16(19)20/h2-9H,1H3,(H,19,20)(H,21,22)/b13-8-. The number of halogens is 1. The minimum Gasteiger partial charge on any atom is -0.495 e. The summed E-state index contributed by atoms with van der Waals surface area (Å²) in [5.74, 6) is -1.71. The maximum atomic E-state index is 11.5. The molecule has 0 aliphatic rings. The summed E-state index contributed by atoms with van der Waals surface area (Å²) in [5, 5.41) is 18.6. The molecule has 118 valence electrons. The van der Waals surface area contributed by atoms with Gasteiger partial charge in [0.25, 0.3) is 0 Å². The summed E-state index contributed by atoms with van der Waals surface area (Å²) in [7, 11) is 1.47. The Labute approximate surface area is 137 Å². The van der Waals surface area contributed by atoms with Gasteiger partial charge in [-0.1, -0.05) is 29.8 Å². The van der Waals surface area contributed by atoms with Gasteiger partial charge in [-0.3, -0.25) is 0 Å². The fourth-order valence-electron chi connectivity index (χ4n) is 1.99. The Hall–Kier alpha value is -2.79. The van der Waals surface area contributed by atoms with Gasteiger partial charge in [0, 0.05) is 0 Å². The van der Waals surface area contributed by atoms with E-state index in [1.54, 1.807) is 12.1 Å². The molecule has 0 radical (unpaired) electrons. The molecule has 2 aromatic carbocycles. The minimum absolute atomic E-state index is 0.0395. The first-order valence-electron chi connectivity index (χ1n) is 6.54. The van der Waals surface area contributed by atoms with Gasteiger partial charge < -0.3 is 14.9 Å². The molecule has 2 rings (SSSR count). The lowest BCUT2D eigenvalue weighted by atomic mass is 10.0. The van der Waals surface area contributed by atoms with Gasteiger partial charge in [0.1, 0.15) is 5.75 Å². The first kappa shape index (κ1) is 16.6. The molecule has 0 saturated heterocycles. The second-order valence-electron chi connectivity index (χ2n) is 4.64. The zero-order valence-electron chi connectivity index (χ0n) is 12.1. The highest BCUT2D eigenvalue weighted by atomic mass is 35.5. The van der Waals surface area contributed by atoms with Crippen LogP contribution in [-0.4, -0.2) is 29.3 Å². The first-order valence-corrected chi connectivity index (χ1v) is 6.92. The second kappa shape index (κ2) is 6.98. The molecule has 0 bridgehead atoms. The third-order valence-corrected chi connectivity index (χ3v) is 3.46. The molecule has 0 heterocycles. The van der Waals surface area contributed by atoms with Crippen LogP contribution in [0.5, 0.6) is 5.75 Å². The van der Waals surface area contributed by atoms with Crippen molar-refractivity contribution in [2.45, 2.75) is 0 Å². The maximum absolute atomic E-state index is 11.5. The summed E-state index contributed by atoms with van der Waals surface area (Å²) in [5.41, 5.74) is 1.16. The fraction of sp³-hybridized carbons (Fsp3) is 0.0588. The molecule has 0 aliphatic heterocycles. The van der Waals surface area contributed by atoms with Crippen LogP contribution >= 0.6 is 11.6 Å². The highest BCUT2D eigenvalue weighted by Crippen LogP contribution is 2.29. The van der Waals surface area contributed by atoms with Crippen LogP contribution < -0.4 is 4.74 Å². The van der Waals surface area contributed by atoms with E-state index in [9.17, 15) is 14.7 Å². The zero-order chi connectivity index (χ0) is 17.0. The van der Waals surface area contributed by atoms with Crippen LogP contribution in [0.1, 0.15) is 21.5 Å². The Bertz CT molecular complexity index is 778. The normalized spacial score (nSPS) is 11.1. The van der Waals surface area contributed by atoms with Crippen LogP contribution in [-0.2, 0) is 4.79 Å². The smallest absolute Gasteiger partial charge is 0.336 e. The van der Waals surface area contributed by atoms with Crippen molar-refractivity contribution in [3.63, 3.8) is 0 Å². The summed E-state index contributed by atoms with van der Waals surface area (Å²) in [4.78, 5) is 22.3. The number of hydrogen-bond donors (Lipinski definition) is 2. The number of methoxy groups -OCH3 is 1. The van der Waals surface area contributed by atoms with E-state index in [1.165, 1.54) is 43.5 Å². The molecular weight excluding hydrogens is 320 g/mol. The summed E-state index contributed by atoms with van der Waals surface area (Å²) in [6, 6.07) is 10.6. The summed E-state index contributed by atoms with van der Waals surface area (Å²) in [6.07, 6.45) is 1.45. The summed E-state index contributed by atoms with van der Waals surface area (Å²) in [6.45, 7) is 0. The Balaban J connectivity index is 2.43. The molecule has 0 aliphatic carbocycles. The molecule has 0 fully saturated rings. The number of benzene rings is 2. The van der Waals surface area contributed by atoms with Crippen molar-refractivity contribution in [1.82, 2.24) is 0 Å². The topological polar surface area (TPSA) is 83.8 Å². The van der Waals surface area contributed by atoms with Gasteiger partial charge in [-0.15, -0.1) is 0 Å². The monoisotopic (exact) mass is 332 g/mol. The number of hydrogen-bond acceptors (Lipinski definition) is 3. The highest BCUT2D eigenvalue weighted by molar-refractivity contribution is 6.32. The minimum atomic E-state index is -1.12. The molecule has 6 heteroatoms.